The molecule has 0 spiro atoms. The molecule has 0 bridgehead atoms. The van der Waals surface area contributed by atoms with E-state index in [4.69, 9.17) is 5.11 Å². The molecule has 1 saturated carbocycles. The van der Waals surface area contributed by atoms with E-state index in [9.17, 15) is 4.79 Å². The number of H-pyrrole nitrogens is 1. The monoisotopic (exact) mass is 210 g/mol. The molecular weight excluding hydrogens is 196 g/mol. The number of hydrogen-bond acceptors (Lipinski definition) is 4. The van der Waals surface area contributed by atoms with Gasteiger partial charge < -0.3 is 10.4 Å². The van der Waals surface area contributed by atoms with Gasteiger partial charge in [0.15, 0.2) is 0 Å². The molecule has 15 heavy (non-hydrogen) atoms. The Kier molecular flexibility index (Phi) is 2.96. The van der Waals surface area contributed by atoms with E-state index in [1.54, 1.807) is 0 Å². The summed E-state index contributed by atoms with van der Waals surface area (Å²) in [4.78, 5) is 15.4. The van der Waals surface area contributed by atoms with Gasteiger partial charge in [-0.15, -0.1) is 0 Å². The van der Waals surface area contributed by atoms with E-state index in [0.717, 1.165) is 19.3 Å². The van der Waals surface area contributed by atoms with Gasteiger partial charge in [-0.25, -0.2) is 4.98 Å². The predicted molar refractivity (Wildman–Crippen MR) is 52.1 cm³/mol. The molecule has 2 unspecified atom stereocenters. The molecule has 1 heterocycles. The van der Waals surface area contributed by atoms with Gasteiger partial charge >= 0.3 is 0 Å². The van der Waals surface area contributed by atoms with Gasteiger partial charge in [0.05, 0.1) is 0 Å². The van der Waals surface area contributed by atoms with Crippen LogP contribution in [-0.4, -0.2) is 38.8 Å². The molecule has 0 aromatic carbocycles. The first-order valence-electron chi connectivity index (χ1n) is 5.08. The molecule has 0 saturated heterocycles. The second-order valence-electron chi connectivity index (χ2n) is 3.79. The molecule has 6 heteroatoms. The molecule has 1 aromatic heterocycles. The van der Waals surface area contributed by atoms with Crippen molar-refractivity contribution in [2.24, 2.45) is 5.92 Å². The average molecular weight is 210 g/mol. The van der Waals surface area contributed by atoms with Crippen molar-refractivity contribution in [2.45, 2.75) is 25.3 Å². The number of aromatic nitrogens is 3. The summed E-state index contributed by atoms with van der Waals surface area (Å²) in [6.45, 7) is 0.126. The number of hydrogen-bond donors (Lipinski definition) is 3. The lowest BCUT2D eigenvalue weighted by Gasteiger charge is -2.17. The van der Waals surface area contributed by atoms with Crippen molar-refractivity contribution in [3.05, 3.63) is 12.2 Å². The van der Waals surface area contributed by atoms with Gasteiger partial charge in [-0.2, -0.15) is 5.10 Å². The minimum absolute atomic E-state index is 0.0626. The molecule has 1 fully saturated rings. The van der Waals surface area contributed by atoms with E-state index in [1.807, 2.05) is 0 Å². The van der Waals surface area contributed by atoms with Crippen LogP contribution in [0.1, 0.15) is 29.9 Å². The summed E-state index contributed by atoms with van der Waals surface area (Å²) in [6, 6.07) is 0.0626. The summed E-state index contributed by atoms with van der Waals surface area (Å²) in [6.07, 6.45) is 4.24. The normalized spacial score (nSPS) is 25.4. The van der Waals surface area contributed by atoms with Gasteiger partial charge in [0.1, 0.15) is 6.33 Å². The minimum Gasteiger partial charge on any atom is -0.396 e. The van der Waals surface area contributed by atoms with E-state index in [0.29, 0.717) is 0 Å². The number of carbonyl (C=O) groups excluding carboxylic acids is 1. The smallest absolute Gasteiger partial charge is 0.288 e. The number of rotatable bonds is 3. The molecule has 2 atom stereocenters. The van der Waals surface area contributed by atoms with Crippen LogP contribution in [0.5, 0.6) is 0 Å². The van der Waals surface area contributed by atoms with E-state index in [-0.39, 0.29) is 30.3 Å². The summed E-state index contributed by atoms with van der Waals surface area (Å²) in [7, 11) is 0. The van der Waals surface area contributed by atoms with Crippen LogP contribution in [0.3, 0.4) is 0 Å². The van der Waals surface area contributed by atoms with Crippen molar-refractivity contribution in [1.29, 1.82) is 0 Å². The van der Waals surface area contributed by atoms with E-state index < -0.39 is 0 Å². The topological polar surface area (TPSA) is 90.9 Å². The van der Waals surface area contributed by atoms with Crippen molar-refractivity contribution in [2.75, 3.05) is 6.61 Å². The van der Waals surface area contributed by atoms with Gasteiger partial charge in [0.2, 0.25) is 5.82 Å². The first kappa shape index (κ1) is 10.1. The number of nitrogens with one attached hydrogen (secondary N) is 2. The lowest BCUT2D eigenvalue weighted by atomic mass is 10.1. The number of carbonyl (C=O) groups is 1. The highest BCUT2D eigenvalue weighted by molar-refractivity contribution is 5.90. The fourth-order valence-corrected chi connectivity index (χ4v) is 2.00. The second-order valence-corrected chi connectivity index (χ2v) is 3.79. The fourth-order valence-electron chi connectivity index (χ4n) is 2.00. The zero-order chi connectivity index (χ0) is 10.7. The summed E-state index contributed by atoms with van der Waals surface area (Å²) in [5, 5.41) is 18.1. The Bertz CT molecular complexity index is 325. The van der Waals surface area contributed by atoms with Crippen LogP contribution < -0.4 is 5.32 Å². The lowest BCUT2D eigenvalue weighted by molar-refractivity contribution is 0.0906. The van der Waals surface area contributed by atoms with Crippen LogP contribution in [0.25, 0.3) is 0 Å². The van der Waals surface area contributed by atoms with Crippen LogP contribution >= 0.6 is 0 Å². The molecule has 0 aliphatic heterocycles. The van der Waals surface area contributed by atoms with Gasteiger partial charge in [0.25, 0.3) is 5.91 Å². The van der Waals surface area contributed by atoms with Crippen LogP contribution in [0, 0.1) is 5.92 Å². The number of aromatic amines is 1. The highest BCUT2D eigenvalue weighted by Crippen LogP contribution is 2.25. The number of aliphatic hydroxyl groups is 1. The maximum absolute atomic E-state index is 11.6. The van der Waals surface area contributed by atoms with Gasteiger partial charge in [-0.3, -0.25) is 9.89 Å². The highest BCUT2D eigenvalue weighted by Gasteiger charge is 2.28. The molecule has 2 rings (SSSR count). The Labute approximate surface area is 87.1 Å². The first-order chi connectivity index (χ1) is 7.31. The van der Waals surface area contributed by atoms with E-state index in [1.165, 1.54) is 6.33 Å². The minimum atomic E-state index is -0.252. The average Bonchev–Trinajstić information content (AvgIpc) is 2.87. The molecule has 1 aliphatic carbocycles. The zero-order valence-electron chi connectivity index (χ0n) is 8.31. The molecule has 1 aromatic rings. The van der Waals surface area contributed by atoms with Crippen molar-refractivity contribution in [1.82, 2.24) is 20.5 Å². The molecule has 0 radical (unpaired) electrons. The summed E-state index contributed by atoms with van der Waals surface area (Å²) >= 11 is 0. The maximum atomic E-state index is 11.6. The van der Waals surface area contributed by atoms with Crippen LogP contribution in [0.2, 0.25) is 0 Å². The quantitative estimate of drug-likeness (QED) is 0.638. The first-order valence-corrected chi connectivity index (χ1v) is 5.08. The highest BCUT2D eigenvalue weighted by atomic mass is 16.3. The van der Waals surface area contributed by atoms with Crippen LogP contribution in [0.15, 0.2) is 6.33 Å². The summed E-state index contributed by atoms with van der Waals surface area (Å²) in [5.41, 5.74) is 0. The van der Waals surface area contributed by atoms with E-state index in [2.05, 4.69) is 20.5 Å². The largest absolute Gasteiger partial charge is 0.396 e. The summed E-state index contributed by atoms with van der Waals surface area (Å²) in [5.74, 6) is 0.147. The molecule has 1 amide bonds. The van der Waals surface area contributed by atoms with Crippen molar-refractivity contribution < 1.29 is 9.90 Å². The third-order valence-electron chi connectivity index (χ3n) is 2.84. The number of nitrogens with zero attached hydrogens (tertiary/aromatic N) is 2. The standard InChI is InChI=1S/C9H14N4O2/c14-4-6-2-1-3-7(6)12-9(15)8-10-5-11-13-8/h5-7,14H,1-4H2,(H,12,15)(H,10,11,13). The molecular formula is C9H14N4O2. The lowest BCUT2D eigenvalue weighted by Crippen LogP contribution is -2.39. The number of aliphatic hydroxyl groups excluding tert-OH is 1. The van der Waals surface area contributed by atoms with Gasteiger partial charge in [0, 0.05) is 18.6 Å². The molecule has 82 valence electrons. The van der Waals surface area contributed by atoms with Gasteiger partial charge in [-0.1, -0.05) is 6.42 Å². The molecule has 1 aliphatic rings. The Balaban J connectivity index is 1.94. The fraction of sp³-hybridized carbons (Fsp3) is 0.667. The Morgan fingerprint density at radius 1 is 1.67 bits per heavy atom. The molecule has 6 nitrogen and oxygen atoms in total. The molecule has 3 N–H and O–H groups in total. The van der Waals surface area contributed by atoms with E-state index >= 15 is 0 Å². The zero-order valence-corrected chi connectivity index (χ0v) is 8.31. The van der Waals surface area contributed by atoms with Crippen molar-refractivity contribution in [3.63, 3.8) is 0 Å². The SMILES string of the molecule is O=C(NC1CCCC1CO)c1ncn[nH]1. The Morgan fingerprint density at radius 2 is 2.53 bits per heavy atom. The van der Waals surface area contributed by atoms with Gasteiger partial charge in [-0.05, 0) is 12.8 Å². The van der Waals surface area contributed by atoms with Crippen LogP contribution in [-0.2, 0) is 0 Å². The van der Waals surface area contributed by atoms with Crippen LogP contribution in [0.4, 0.5) is 0 Å². The summed E-state index contributed by atoms with van der Waals surface area (Å²) < 4.78 is 0. The Morgan fingerprint density at radius 3 is 3.20 bits per heavy atom. The van der Waals surface area contributed by atoms with Crippen molar-refractivity contribution >= 4 is 5.91 Å². The second kappa shape index (κ2) is 4.39. The number of amides is 1. The van der Waals surface area contributed by atoms with Crippen molar-refractivity contribution in [3.8, 4) is 0 Å². The Hall–Kier alpha value is -1.43. The predicted octanol–water partition coefficient (Wildman–Crippen LogP) is -0.305. The maximum Gasteiger partial charge on any atom is 0.288 e. The third-order valence-corrected chi connectivity index (χ3v) is 2.84. The third kappa shape index (κ3) is 2.15.